The van der Waals surface area contributed by atoms with Crippen molar-refractivity contribution in [2.24, 2.45) is 11.3 Å². The zero-order chi connectivity index (χ0) is 20.2. The highest BCUT2D eigenvalue weighted by Crippen LogP contribution is 2.29. The number of nitrogens with zero attached hydrogens (tertiary/aromatic N) is 1. The molecule has 2 amide bonds. The van der Waals surface area contributed by atoms with E-state index in [9.17, 15) is 9.59 Å². The fourth-order valence-corrected chi connectivity index (χ4v) is 4.27. The zero-order valence-electron chi connectivity index (χ0n) is 17.6. The number of thioether (sulfide) groups is 1. The standard InChI is InChI=1S/C22H34N2O2S/c1-7-16(3)27-18-10-11-19(15(2)13-18)23-20(25)17-9-8-12-24(14-17)21(26)22(4,5)6/h10-11,13,16-17H,7-9,12,14H2,1-6H3,(H,23,25). The van der Waals surface area contributed by atoms with E-state index in [0.717, 1.165) is 37.1 Å². The molecule has 150 valence electrons. The SMILES string of the molecule is CCC(C)Sc1ccc(NC(=O)C2CCCN(C(=O)C(C)(C)C)C2)c(C)c1. The van der Waals surface area contributed by atoms with Crippen LogP contribution in [0.4, 0.5) is 5.69 Å². The Kier molecular flexibility index (Phi) is 7.38. The summed E-state index contributed by atoms with van der Waals surface area (Å²) in [7, 11) is 0. The van der Waals surface area contributed by atoms with Crippen LogP contribution >= 0.6 is 11.8 Å². The maximum absolute atomic E-state index is 12.8. The van der Waals surface area contributed by atoms with Gasteiger partial charge in [0.2, 0.25) is 11.8 Å². The smallest absolute Gasteiger partial charge is 0.229 e. The van der Waals surface area contributed by atoms with Crippen LogP contribution in [0, 0.1) is 18.3 Å². The van der Waals surface area contributed by atoms with E-state index < -0.39 is 5.41 Å². The van der Waals surface area contributed by atoms with Gasteiger partial charge in [0, 0.05) is 34.3 Å². The van der Waals surface area contributed by atoms with Crippen LogP contribution in [-0.4, -0.2) is 35.1 Å². The van der Waals surface area contributed by atoms with Crippen LogP contribution in [0.25, 0.3) is 0 Å². The molecule has 0 aromatic heterocycles. The van der Waals surface area contributed by atoms with Crippen molar-refractivity contribution in [3.63, 3.8) is 0 Å². The zero-order valence-corrected chi connectivity index (χ0v) is 18.4. The number of hydrogen-bond donors (Lipinski definition) is 1. The molecule has 0 spiro atoms. The van der Waals surface area contributed by atoms with Crippen molar-refractivity contribution in [1.82, 2.24) is 4.90 Å². The summed E-state index contributed by atoms with van der Waals surface area (Å²) < 4.78 is 0. The topological polar surface area (TPSA) is 49.4 Å². The minimum Gasteiger partial charge on any atom is -0.341 e. The van der Waals surface area contributed by atoms with Gasteiger partial charge in [-0.05, 0) is 49.9 Å². The number of anilines is 1. The lowest BCUT2D eigenvalue weighted by atomic mass is 9.91. The van der Waals surface area contributed by atoms with Gasteiger partial charge in [-0.25, -0.2) is 0 Å². The highest BCUT2D eigenvalue weighted by atomic mass is 32.2. The van der Waals surface area contributed by atoms with Crippen LogP contribution in [-0.2, 0) is 9.59 Å². The number of rotatable bonds is 5. The van der Waals surface area contributed by atoms with Gasteiger partial charge >= 0.3 is 0 Å². The molecule has 1 aliphatic rings. The van der Waals surface area contributed by atoms with Crippen molar-refractivity contribution in [3.8, 4) is 0 Å². The van der Waals surface area contributed by atoms with Gasteiger partial charge in [-0.2, -0.15) is 0 Å². The Hall–Kier alpha value is -1.49. The molecule has 27 heavy (non-hydrogen) atoms. The van der Waals surface area contributed by atoms with Crippen molar-refractivity contribution < 1.29 is 9.59 Å². The lowest BCUT2D eigenvalue weighted by Crippen LogP contribution is -2.47. The van der Waals surface area contributed by atoms with Gasteiger partial charge in [0.25, 0.3) is 0 Å². The highest BCUT2D eigenvalue weighted by molar-refractivity contribution is 7.99. The number of benzene rings is 1. The van der Waals surface area contributed by atoms with Gasteiger partial charge in [-0.15, -0.1) is 11.8 Å². The van der Waals surface area contributed by atoms with Crippen LogP contribution in [0.15, 0.2) is 23.1 Å². The molecule has 1 heterocycles. The number of carbonyl (C=O) groups is 2. The molecule has 1 aromatic carbocycles. The largest absolute Gasteiger partial charge is 0.341 e. The molecule has 1 saturated heterocycles. The molecule has 2 rings (SSSR count). The summed E-state index contributed by atoms with van der Waals surface area (Å²) in [5.41, 5.74) is 1.54. The molecule has 0 saturated carbocycles. The first-order chi connectivity index (χ1) is 12.6. The average molecular weight is 391 g/mol. The second kappa shape index (κ2) is 9.13. The minimum absolute atomic E-state index is 0.0202. The van der Waals surface area contributed by atoms with E-state index in [-0.39, 0.29) is 17.7 Å². The molecule has 0 bridgehead atoms. The third-order valence-corrected chi connectivity index (χ3v) is 6.35. The Balaban J connectivity index is 2.01. The maximum Gasteiger partial charge on any atom is 0.229 e. The van der Waals surface area contributed by atoms with Gasteiger partial charge in [-0.1, -0.05) is 34.6 Å². The number of hydrogen-bond acceptors (Lipinski definition) is 3. The summed E-state index contributed by atoms with van der Waals surface area (Å²) in [5, 5.41) is 3.67. The van der Waals surface area contributed by atoms with E-state index >= 15 is 0 Å². The van der Waals surface area contributed by atoms with Crippen molar-refractivity contribution >= 4 is 29.3 Å². The number of piperidine rings is 1. The van der Waals surface area contributed by atoms with Gasteiger partial charge in [0.05, 0.1) is 5.92 Å². The summed E-state index contributed by atoms with van der Waals surface area (Å²) >= 11 is 1.86. The first-order valence-corrected chi connectivity index (χ1v) is 10.9. The number of carbonyl (C=O) groups excluding carboxylic acids is 2. The summed E-state index contributed by atoms with van der Waals surface area (Å²) in [5.74, 6) is 0.00746. The number of nitrogens with one attached hydrogen (secondary N) is 1. The summed E-state index contributed by atoms with van der Waals surface area (Å²) in [6, 6.07) is 6.22. The van der Waals surface area contributed by atoms with Crippen molar-refractivity contribution in [1.29, 1.82) is 0 Å². The van der Waals surface area contributed by atoms with E-state index in [2.05, 4.69) is 31.3 Å². The molecular weight excluding hydrogens is 356 g/mol. The second-order valence-electron chi connectivity index (χ2n) is 8.64. The first kappa shape index (κ1) is 21.8. The maximum atomic E-state index is 12.8. The fraction of sp³-hybridized carbons (Fsp3) is 0.636. The summed E-state index contributed by atoms with van der Waals surface area (Å²) in [6.07, 6.45) is 2.85. The van der Waals surface area contributed by atoms with Gasteiger partial charge < -0.3 is 10.2 Å². The second-order valence-corrected chi connectivity index (χ2v) is 10.2. The Bertz CT molecular complexity index is 681. The lowest BCUT2D eigenvalue weighted by molar-refractivity contribution is -0.142. The van der Waals surface area contributed by atoms with Crippen LogP contribution in [0.1, 0.15) is 59.4 Å². The van der Waals surface area contributed by atoms with Gasteiger partial charge in [0.1, 0.15) is 0 Å². The fourth-order valence-electron chi connectivity index (χ4n) is 3.25. The molecule has 0 aliphatic carbocycles. The monoisotopic (exact) mass is 390 g/mol. The van der Waals surface area contributed by atoms with Crippen LogP contribution in [0.3, 0.4) is 0 Å². The Morgan fingerprint density at radius 2 is 2.04 bits per heavy atom. The number of likely N-dealkylation sites (tertiary alicyclic amines) is 1. The van der Waals surface area contributed by atoms with Crippen molar-refractivity contribution in [2.75, 3.05) is 18.4 Å². The predicted octanol–water partition coefficient (Wildman–Crippen LogP) is 5.11. The third-order valence-electron chi connectivity index (χ3n) is 5.09. The van der Waals surface area contributed by atoms with E-state index in [1.807, 2.05) is 50.4 Å². The van der Waals surface area contributed by atoms with E-state index in [1.54, 1.807) is 0 Å². The van der Waals surface area contributed by atoms with Crippen LogP contribution < -0.4 is 5.32 Å². The number of aryl methyl sites for hydroxylation is 1. The Morgan fingerprint density at radius 3 is 2.63 bits per heavy atom. The Labute approximate surface area is 168 Å². The minimum atomic E-state index is -0.405. The molecule has 1 fully saturated rings. The summed E-state index contributed by atoms with van der Waals surface area (Å²) in [6.45, 7) is 13.5. The quantitative estimate of drug-likeness (QED) is 0.711. The van der Waals surface area contributed by atoms with Crippen molar-refractivity contribution in [3.05, 3.63) is 23.8 Å². The molecule has 4 nitrogen and oxygen atoms in total. The molecule has 5 heteroatoms. The number of amides is 2. The van der Waals surface area contributed by atoms with Crippen molar-refractivity contribution in [2.45, 2.75) is 71.0 Å². The Morgan fingerprint density at radius 1 is 1.33 bits per heavy atom. The third kappa shape index (κ3) is 6.00. The molecule has 1 N–H and O–H groups in total. The normalized spacial score (nSPS) is 18.9. The molecular formula is C22H34N2O2S. The highest BCUT2D eigenvalue weighted by Gasteiger charge is 2.33. The van der Waals surface area contributed by atoms with E-state index in [1.165, 1.54) is 4.90 Å². The molecule has 2 atom stereocenters. The lowest BCUT2D eigenvalue weighted by Gasteiger charge is -2.36. The predicted molar refractivity (Wildman–Crippen MR) is 114 cm³/mol. The van der Waals surface area contributed by atoms with Gasteiger partial charge in [-0.3, -0.25) is 9.59 Å². The van der Waals surface area contributed by atoms with Gasteiger partial charge in [0.15, 0.2) is 0 Å². The molecule has 2 unspecified atom stereocenters. The van der Waals surface area contributed by atoms with Crippen LogP contribution in [0.2, 0.25) is 0 Å². The molecule has 0 radical (unpaired) electrons. The average Bonchev–Trinajstić information content (AvgIpc) is 2.62. The summed E-state index contributed by atoms with van der Waals surface area (Å²) in [4.78, 5) is 28.4. The first-order valence-electron chi connectivity index (χ1n) is 9.99. The molecule has 1 aliphatic heterocycles. The van der Waals surface area contributed by atoms with Crippen LogP contribution in [0.5, 0.6) is 0 Å². The van der Waals surface area contributed by atoms with E-state index in [4.69, 9.17) is 0 Å². The molecule has 1 aromatic rings. The van der Waals surface area contributed by atoms with E-state index in [0.29, 0.717) is 11.8 Å².